The Morgan fingerprint density at radius 1 is 1.52 bits per heavy atom. The van der Waals surface area contributed by atoms with Crippen LogP contribution in [0.1, 0.15) is 41.6 Å². The second-order valence-corrected chi connectivity index (χ2v) is 5.44. The van der Waals surface area contributed by atoms with E-state index in [0.29, 0.717) is 17.7 Å². The molecule has 0 aromatic carbocycles. The average molecular weight is 288 g/mol. The molecule has 0 N–H and O–H groups in total. The summed E-state index contributed by atoms with van der Waals surface area (Å²) in [6.07, 6.45) is 6.44. The minimum absolute atomic E-state index is 0.0419. The topological polar surface area (TPSA) is 64.2 Å². The number of carbonyl (C=O) groups is 1. The number of aromatic nitrogens is 3. The van der Waals surface area contributed by atoms with Crippen LogP contribution in [0, 0.1) is 6.92 Å². The van der Waals surface area contributed by atoms with Crippen LogP contribution in [-0.4, -0.2) is 38.3 Å². The van der Waals surface area contributed by atoms with Crippen molar-refractivity contribution in [1.29, 1.82) is 0 Å². The van der Waals surface area contributed by atoms with Gasteiger partial charge in [-0.3, -0.25) is 9.48 Å². The molecule has 0 radical (unpaired) electrons. The van der Waals surface area contributed by atoms with Crippen LogP contribution in [-0.2, 0) is 13.0 Å². The predicted octanol–water partition coefficient (Wildman–Crippen LogP) is 2.05. The molecule has 1 amide bonds. The van der Waals surface area contributed by atoms with Gasteiger partial charge in [-0.1, -0.05) is 12.1 Å². The number of aryl methyl sites for hydroxylation is 2. The van der Waals surface area contributed by atoms with Crippen LogP contribution in [0.25, 0.3) is 0 Å². The summed E-state index contributed by atoms with van der Waals surface area (Å²) in [5, 5.41) is 8.22. The quantitative estimate of drug-likeness (QED) is 0.863. The maximum absolute atomic E-state index is 12.8. The van der Waals surface area contributed by atoms with Gasteiger partial charge >= 0.3 is 0 Å². The van der Waals surface area contributed by atoms with Crippen molar-refractivity contribution in [1.82, 2.24) is 19.8 Å². The second kappa shape index (κ2) is 5.71. The Morgan fingerprint density at radius 3 is 3.10 bits per heavy atom. The van der Waals surface area contributed by atoms with E-state index in [0.717, 1.165) is 31.6 Å². The van der Waals surface area contributed by atoms with Crippen molar-refractivity contribution in [2.45, 2.75) is 45.7 Å². The molecule has 1 atom stereocenters. The van der Waals surface area contributed by atoms with Crippen molar-refractivity contribution < 1.29 is 9.32 Å². The van der Waals surface area contributed by atoms with Crippen molar-refractivity contribution in [3.63, 3.8) is 0 Å². The van der Waals surface area contributed by atoms with E-state index in [1.807, 2.05) is 28.8 Å². The fraction of sp³-hybridized carbons (Fsp3) is 0.533. The zero-order valence-corrected chi connectivity index (χ0v) is 12.5. The summed E-state index contributed by atoms with van der Waals surface area (Å²) >= 11 is 0. The third-order valence-electron chi connectivity index (χ3n) is 4.08. The van der Waals surface area contributed by atoms with E-state index < -0.39 is 0 Å². The summed E-state index contributed by atoms with van der Waals surface area (Å²) in [6, 6.07) is 2.09. The summed E-state index contributed by atoms with van der Waals surface area (Å²) in [4.78, 5) is 14.8. The molecule has 1 aliphatic rings. The fourth-order valence-electron chi connectivity index (χ4n) is 2.99. The molecule has 112 valence electrons. The zero-order valence-electron chi connectivity index (χ0n) is 12.5. The molecule has 1 unspecified atom stereocenters. The molecule has 3 heterocycles. The lowest BCUT2D eigenvalue weighted by atomic mass is 10.1. The Labute approximate surface area is 123 Å². The summed E-state index contributed by atoms with van der Waals surface area (Å²) in [5.74, 6) is 0.654. The lowest BCUT2D eigenvalue weighted by Crippen LogP contribution is -2.38. The lowest BCUT2D eigenvalue weighted by molar-refractivity contribution is 0.0719. The van der Waals surface area contributed by atoms with Gasteiger partial charge in [-0.2, -0.15) is 5.10 Å². The van der Waals surface area contributed by atoms with Gasteiger partial charge in [0.1, 0.15) is 11.3 Å². The lowest BCUT2D eigenvalue weighted by Gasteiger charge is -2.24. The molecule has 2 aromatic heterocycles. The van der Waals surface area contributed by atoms with Crippen LogP contribution in [0.5, 0.6) is 0 Å². The van der Waals surface area contributed by atoms with Gasteiger partial charge in [-0.05, 0) is 32.3 Å². The highest BCUT2D eigenvalue weighted by atomic mass is 16.5. The molecule has 0 spiro atoms. The Kier molecular flexibility index (Phi) is 3.77. The van der Waals surface area contributed by atoms with Gasteiger partial charge < -0.3 is 9.42 Å². The van der Waals surface area contributed by atoms with Gasteiger partial charge in [-0.25, -0.2) is 0 Å². The maximum atomic E-state index is 12.8. The fourth-order valence-corrected chi connectivity index (χ4v) is 2.99. The SMILES string of the molecule is CCc1noc(C)c1C(=O)N1CCCC1Cn1cccn1. The van der Waals surface area contributed by atoms with Gasteiger partial charge in [0.15, 0.2) is 0 Å². The molecule has 21 heavy (non-hydrogen) atoms. The van der Waals surface area contributed by atoms with E-state index in [4.69, 9.17) is 4.52 Å². The first-order valence-electron chi connectivity index (χ1n) is 7.44. The number of hydrogen-bond acceptors (Lipinski definition) is 4. The van der Waals surface area contributed by atoms with Crippen LogP contribution >= 0.6 is 0 Å². The molecule has 0 bridgehead atoms. The number of carbonyl (C=O) groups excluding carboxylic acids is 1. The molecular formula is C15H20N4O2. The first kappa shape index (κ1) is 13.9. The van der Waals surface area contributed by atoms with E-state index in [1.54, 1.807) is 13.1 Å². The Bertz CT molecular complexity index is 618. The van der Waals surface area contributed by atoms with Crippen LogP contribution in [0.2, 0.25) is 0 Å². The molecule has 1 fully saturated rings. The van der Waals surface area contributed by atoms with E-state index in [1.165, 1.54) is 0 Å². The van der Waals surface area contributed by atoms with Crippen LogP contribution < -0.4 is 0 Å². The van der Waals surface area contributed by atoms with Crippen molar-refractivity contribution in [3.8, 4) is 0 Å². The Balaban J connectivity index is 1.81. The minimum atomic E-state index is 0.0419. The predicted molar refractivity (Wildman–Crippen MR) is 76.9 cm³/mol. The largest absolute Gasteiger partial charge is 0.361 e. The normalized spacial score (nSPS) is 18.4. The number of nitrogens with zero attached hydrogens (tertiary/aromatic N) is 4. The first-order chi connectivity index (χ1) is 10.2. The molecule has 1 aliphatic heterocycles. The number of likely N-dealkylation sites (tertiary alicyclic amines) is 1. The first-order valence-corrected chi connectivity index (χ1v) is 7.44. The van der Waals surface area contributed by atoms with E-state index in [9.17, 15) is 4.79 Å². The van der Waals surface area contributed by atoms with Gasteiger partial charge in [-0.15, -0.1) is 0 Å². The van der Waals surface area contributed by atoms with Gasteiger partial charge in [0.05, 0.1) is 18.3 Å². The van der Waals surface area contributed by atoms with Crippen LogP contribution in [0.3, 0.4) is 0 Å². The molecule has 2 aromatic rings. The number of hydrogen-bond donors (Lipinski definition) is 0. The maximum Gasteiger partial charge on any atom is 0.259 e. The number of amides is 1. The molecule has 0 aliphatic carbocycles. The van der Waals surface area contributed by atoms with Gasteiger partial charge in [0, 0.05) is 18.9 Å². The average Bonchev–Trinajstić information content (AvgIpc) is 3.19. The molecule has 3 rings (SSSR count). The van der Waals surface area contributed by atoms with E-state index in [-0.39, 0.29) is 11.9 Å². The molecule has 1 saturated heterocycles. The number of rotatable bonds is 4. The standard InChI is InChI=1S/C15H20N4O2/c1-3-13-14(11(2)21-17-13)15(20)19-9-4-6-12(19)10-18-8-5-7-16-18/h5,7-8,12H,3-4,6,9-10H2,1-2H3. The van der Waals surface area contributed by atoms with Crippen molar-refractivity contribution >= 4 is 5.91 Å². The second-order valence-electron chi connectivity index (χ2n) is 5.44. The van der Waals surface area contributed by atoms with Crippen LogP contribution in [0.15, 0.2) is 23.0 Å². The Morgan fingerprint density at radius 2 is 2.38 bits per heavy atom. The monoisotopic (exact) mass is 288 g/mol. The highest BCUT2D eigenvalue weighted by Crippen LogP contribution is 2.24. The third kappa shape index (κ3) is 2.57. The van der Waals surface area contributed by atoms with Crippen LogP contribution in [0.4, 0.5) is 0 Å². The summed E-state index contributed by atoms with van der Waals surface area (Å²) in [5.41, 5.74) is 1.40. The van der Waals surface area contributed by atoms with Gasteiger partial charge in [0.25, 0.3) is 5.91 Å². The molecular weight excluding hydrogens is 268 g/mol. The molecule has 6 heteroatoms. The van der Waals surface area contributed by atoms with E-state index >= 15 is 0 Å². The van der Waals surface area contributed by atoms with Gasteiger partial charge in [0.2, 0.25) is 0 Å². The third-order valence-corrected chi connectivity index (χ3v) is 4.08. The summed E-state index contributed by atoms with van der Waals surface area (Å²) in [7, 11) is 0. The highest BCUT2D eigenvalue weighted by molar-refractivity contribution is 5.96. The zero-order chi connectivity index (χ0) is 14.8. The molecule has 6 nitrogen and oxygen atoms in total. The Hall–Kier alpha value is -2.11. The van der Waals surface area contributed by atoms with E-state index in [2.05, 4.69) is 10.3 Å². The summed E-state index contributed by atoms with van der Waals surface area (Å²) in [6.45, 7) is 5.32. The van der Waals surface area contributed by atoms with Crippen molar-refractivity contribution in [3.05, 3.63) is 35.5 Å². The van der Waals surface area contributed by atoms with Crippen molar-refractivity contribution in [2.24, 2.45) is 0 Å². The smallest absolute Gasteiger partial charge is 0.259 e. The van der Waals surface area contributed by atoms with Crippen molar-refractivity contribution in [2.75, 3.05) is 6.54 Å². The summed E-state index contributed by atoms with van der Waals surface area (Å²) < 4.78 is 7.08. The minimum Gasteiger partial charge on any atom is -0.361 e. The molecule has 0 saturated carbocycles. The highest BCUT2D eigenvalue weighted by Gasteiger charge is 2.33.